The van der Waals surface area contributed by atoms with Gasteiger partial charge in [-0.1, -0.05) is 17.7 Å². The standard InChI is InChI=1S/C31H29ClF3N7O3S2/c32-23-15-19(33)1-2-22(23)27-26(24-7-13-42(39-24)30(34)35)25-16-20(17-41(25)28(38-27)29-37-12-14-46-29)40-47(44,45)21-3-8-31(43,9-4-21)18-5-10-36-11-6-18/h1-2,5-7,10-15,20-21,27,30,40,43H,3-4,8-9,16-17H2/t20?,21?,27-,31?/m0/s1. The summed E-state index contributed by atoms with van der Waals surface area (Å²) in [6.07, 6.45) is 7.27. The minimum Gasteiger partial charge on any atom is -0.385 e. The summed E-state index contributed by atoms with van der Waals surface area (Å²) in [6.45, 7) is -2.69. The lowest BCUT2D eigenvalue weighted by Gasteiger charge is -2.36. The third kappa shape index (κ3) is 6.10. The highest BCUT2D eigenvalue weighted by molar-refractivity contribution is 7.90. The Balaban J connectivity index is 1.23. The number of halogens is 4. The molecule has 0 amide bonds. The van der Waals surface area contributed by atoms with E-state index in [0.29, 0.717) is 37.9 Å². The summed E-state index contributed by atoms with van der Waals surface area (Å²) in [5, 5.41) is 17.1. The Bertz CT molecular complexity index is 1950. The normalized spacial score (nSPS) is 24.9. The molecule has 10 nitrogen and oxygen atoms in total. The highest BCUT2D eigenvalue weighted by Crippen LogP contribution is 2.47. The van der Waals surface area contributed by atoms with Crippen LogP contribution in [0.1, 0.15) is 66.5 Å². The number of aliphatic imine (C=N–C) groups is 1. The summed E-state index contributed by atoms with van der Waals surface area (Å²) >= 11 is 7.87. The van der Waals surface area contributed by atoms with Crippen molar-refractivity contribution in [1.82, 2.24) is 29.4 Å². The van der Waals surface area contributed by atoms with E-state index in [1.807, 2.05) is 4.90 Å². The third-order valence-corrected chi connectivity index (χ3v) is 12.1. The number of nitrogens with one attached hydrogen (secondary N) is 1. The second-order valence-corrected chi connectivity index (χ2v) is 15.1. The van der Waals surface area contributed by atoms with Crippen molar-refractivity contribution in [3.63, 3.8) is 0 Å². The smallest absolute Gasteiger partial charge is 0.333 e. The van der Waals surface area contributed by atoms with Gasteiger partial charge in [0, 0.05) is 71.0 Å². The molecule has 2 aliphatic heterocycles. The molecule has 2 N–H and O–H groups in total. The zero-order chi connectivity index (χ0) is 32.9. The molecule has 5 heterocycles. The van der Waals surface area contributed by atoms with Crippen LogP contribution in [-0.4, -0.2) is 61.8 Å². The molecule has 1 saturated carbocycles. The molecule has 1 aliphatic carbocycles. The van der Waals surface area contributed by atoms with Gasteiger partial charge < -0.3 is 10.0 Å². The number of pyridine rings is 1. The molecule has 16 heteroatoms. The van der Waals surface area contributed by atoms with Gasteiger partial charge in [-0.3, -0.25) is 9.98 Å². The monoisotopic (exact) mass is 703 g/mol. The van der Waals surface area contributed by atoms with E-state index in [9.17, 15) is 26.7 Å². The molecule has 3 aliphatic rings. The molecular formula is C31H29ClF3N7O3S2. The van der Waals surface area contributed by atoms with E-state index in [2.05, 4.69) is 19.8 Å². The lowest BCUT2D eigenvalue weighted by atomic mass is 9.80. The molecular weight excluding hydrogens is 675 g/mol. The molecule has 1 saturated heterocycles. The molecule has 246 valence electrons. The number of fused-ring (bicyclic) bond motifs is 1. The highest BCUT2D eigenvalue weighted by atomic mass is 35.5. The molecule has 0 spiro atoms. The zero-order valence-corrected chi connectivity index (χ0v) is 27.1. The number of aromatic nitrogens is 4. The number of aliphatic hydroxyl groups is 1. The predicted molar refractivity (Wildman–Crippen MR) is 171 cm³/mol. The maximum atomic E-state index is 14.1. The Kier molecular flexibility index (Phi) is 8.45. The van der Waals surface area contributed by atoms with Crippen LogP contribution < -0.4 is 4.72 Å². The van der Waals surface area contributed by atoms with E-state index < -0.39 is 45.3 Å². The molecule has 0 radical (unpaired) electrons. The Hall–Kier alpha value is -3.63. The number of nitrogens with zero attached hydrogens (tertiary/aromatic N) is 6. The van der Waals surface area contributed by atoms with Gasteiger partial charge in [-0.2, -0.15) is 13.9 Å². The first kappa shape index (κ1) is 31.9. The number of amidine groups is 1. The fourth-order valence-electron chi connectivity index (χ4n) is 6.69. The Morgan fingerprint density at radius 1 is 1.11 bits per heavy atom. The molecule has 4 aromatic rings. The van der Waals surface area contributed by atoms with Crippen LogP contribution >= 0.6 is 22.9 Å². The lowest BCUT2D eigenvalue weighted by molar-refractivity contribution is 0.000110. The molecule has 47 heavy (non-hydrogen) atoms. The number of rotatable bonds is 8. The highest BCUT2D eigenvalue weighted by Gasteiger charge is 2.44. The van der Waals surface area contributed by atoms with Gasteiger partial charge in [0.15, 0.2) is 10.8 Å². The molecule has 1 unspecified atom stereocenters. The first-order valence-electron chi connectivity index (χ1n) is 14.9. The summed E-state index contributed by atoms with van der Waals surface area (Å²) in [7, 11) is -3.84. The van der Waals surface area contributed by atoms with Crippen molar-refractivity contribution in [2.45, 2.75) is 61.6 Å². The average Bonchev–Trinajstić information content (AvgIpc) is 3.83. The van der Waals surface area contributed by atoms with E-state index in [0.717, 1.165) is 12.3 Å². The van der Waals surface area contributed by atoms with Crippen molar-refractivity contribution in [2.24, 2.45) is 4.99 Å². The fraction of sp³-hybridized carbons (Fsp3) is 0.355. The largest absolute Gasteiger partial charge is 0.385 e. The van der Waals surface area contributed by atoms with Crippen LogP contribution in [0, 0.1) is 5.82 Å². The van der Waals surface area contributed by atoms with Crippen LogP contribution in [0.5, 0.6) is 0 Å². The first-order valence-corrected chi connectivity index (χ1v) is 17.7. The molecule has 7 rings (SSSR count). The molecule has 2 fully saturated rings. The van der Waals surface area contributed by atoms with Gasteiger partial charge in [0.2, 0.25) is 10.0 Å². The number of hydrogen-bond donors (Lipinski definition) is 2. The van der Waals surface area contributed by atoms with E-state index in [1.54, 1.807) is 36.1 Å². The molecule has 3 aromatic heterocycles. The molecule has 1 aromatic carbocycles. The van der Waals surface area contributed by atoms with E-state index in [4.69, 9.17) is 16.6 Å². The van der Waals surface area contributed by atoms with Gasteiger partial charge in [0.25, 0.3) is 0 Å². The number of alkyl halides is 2. The van der Waals surface area contributed by atoms with E-state index in [1.165, 1.54) is 29.5 Å². The van der Waals surface area contributed by atoms with Crippen LogP contribution in [0.2, 0.25) is 5.02 Å². The summed E-state index contributed by atoms with van der Waals surface area (Å²) in [4.78, 5) is 15.3. The number of benzene rings is 1. The van der Waals surface area contributed by atoms with Gasteiger partial charge in [-0.05, 0) is 61.6 Å². The predicted octanol–water partition coefficient (Wildman–Crippen LogP) is 5.66. The van der Waals surface area contributed by atoms with Crippen LogP contribution in [0.4, 0.5) is 13.2 Å². The van der Waals surface area contributed by atoms with E-state index >= 15 is 0 Å². The summed E-state index contributed by atoms with van der Waals surface area (Å²) in [5.41, 5.74) is 1.31. The summed E-state index contributed by atoms with van der Waals surface area (Å²) in [5.74, 6) is -0.0898. The van der Waals surface area contributed by atoms with Crippen LogP contribution in [-0.2, 0) is 15.6 Å². The van der Waals surface area contributed by atoms with Crippen LogP contribution in [0.3, 0.4) is 0 Å². The van der Waals surface area contributed by atoms with Crippen molar-refractivity contribution in [3.8, 4) is 0 Å². The maximum Gasteiger partial charge on any atom is 0.333 e. The van der Waals surface area contributed by atoms with Crippen molar-refractivity contribution < 1.29 is 26.7 Å². The number of thiazole rings is 1. The van der Waals surface area contributed by atoms with Crippen molar-refractivity contribution >= 4 is 44.4 Å². The van der Waals surface area contributed by atoms with Gasteiger partial charge in [0.05, 0.1) is 16.5 Å². The first-order chi connectivity index (χ1) is 22.5. The van der Waals surface area contributed by atoms with Gasteiger partial charge >= 0.3 is 6.55 Å². The van der Waals surface area contributed by atoms with Crippen molar-refractivity contribution in [2.75, 3.05) is 6.54 Å². The van der Waals surface area contributed by atoms with Crippen molar-refractivity contribution in [1.29, 1.82) is 0 Å². The quantitative estimate of drug-likeness (QED) is 0.243. The SMILES string of the molecule is O=S(=O)(NC1CC2=C(c3ccn(C(F)F)n3)[C@H](c3ccc(F)cc3Cl)N=C(c3nccs3)N2C1)C1CCC(O)(c2ccncc2)CC1. The Morgan fingerprint density at radius 3 is 2.53 bits per heavy atom. The lowest BCUT2D eigenvalue weighted by Crippen LogP contribution is -2.46. The maximum absolute atomic E-state index is 14.1. The summed E-state index contributed by atoms with van der Waals surface area (Å²) < 4.78 is 72.3. The average molecular weight is 704 g/mol. The molecule has 2 atom stereocenters. The second kappa shape index (κ2) is 12.4. The van der Waals surface area contributed by atoms with Gasteiger partial charge in [-0.25, -0.2) is 27.2 Å². The van der Waals surface area contributed by atoms with Crippen LogP contribution in [0.25, 0.3) is 5.57 Å². The number of sulfonamides is 1. The molecule has 0 bridgehead atoms. The Morgan fingerprint density at radius 2 is 1.87 bits per heavy atom. The van der Waals surface area contributed by atoms with Crippen LogP contribution in [0.15, 0.2) is 77.3 Å². The summed E-state index contributed by atoms with van der Waals surface area (Å²) in [6, 6.07) is 7.37. The minimum absolute atomic E-state index is 0.0938. The van der Waals surface area contributed by atoms with E-state index in [-0.39, 0.29) is 49.4 Å². The topological polar surface area (TPSA) is 126 Å². The Labute approximate surface area is 277 Å². The van der Waals surface area contributed by atoms with Gasteiger partial charge in [-0.15, -0.1) is 11.3 Å². The fourth-order valence-corrected chi connectivity index (χ4v) is 9.27. The number of hydrogen-bond acceptors (Lipinski definition) is 9. The van der Waals surface area contributed by atoms with Crippen molar-refractivity contribution in [3.05, 3.63) is 105 Å². The second-order valence-electron chi connectivity index (χ2n) is 11.8. The minimum atomic E-state index is -3.84. The zero-order valence-electron chi connectivity index (χ0n) is 24.7. The third-order valence-electron chi connectivity index (χ3n) is 8.97. The van der Waals surface area contributed by atoms with Gasteiger partial charge in [0.1, 0.15) is 11.9 Å².